The summed E-state index contributed by atoms with van der Waals surface area (Å²) < 4.78 is 20.2. The van der Waals surface area contributed by atoms with Gasteiger partial charge in [-0.15, -0.1) is 0 Å². The van der Waals surface area contributed by atoms with E-state index in [-0.39, 0.29) is 43.1 Å². The summed E-state index contributed by atoms with van der Waals surface area (Å²) in [5, 5.41) is 6.94. The highest BCUT2D eigenvalue weighted by atomic mass is 19.1. The Labute approximate surface area is 185 Å². The third-order valence-corrected chi connectivity index (χ3v) is 5.44. The van der Waals surface area contributed by atoms with Crippen LogP contribution < -0.4 is 10.1 Å². The average Bonchev–Trinajstić information content (AvgIpc) is 3.45. The summed E-state index contributed by atoms with van der Waals surface area (Å²) in [5.74, 6) is 0.450. The van der Waals surface area contributed by atoms with Gasteiger partial charge in [-0.1, -0.05) is 30.3 Å². The monoisotopic (exact) mass is 436 g/mol. The molecular formula is C24H25FN4O3. The van der Waals surface area contributed by atoms with Gasteiger partial charge in [0, 0.05) is 25.2 Å². The van der Waals surface area contributed by atoms with E-state index in [4.69, 9.17) is 4.74 Å². The second-order valence-corrected chi connectivity index (χ2v) is 7.76. The van der Waals surface area contributed by atoms with Gasteiger partial charge in [-0.2, -0.15) is 5.10 Å². The summed E-state index contributed by atoms with van der Waals surface area (Å²) in [7, 11) is 0. The molecule has 3 aromatic rings. The molecule has 8 heteroatoms. The van der Waals surface area contributed by atoms with Crippen LogP contribution in [-0.2, 0) is 16.1 Å². The van der Waals surface area contributed by atoms with Crippen molar-refractivity contribution in [1.29, 1.82) is 0 Å². The molecule has 1 N–H and O–H groups in total. The molecule has 0 bridgehead atoms. The number of nitrogens with one attached hydrogen (secondary N) is 1. The van der Waals surface area contributed by atoms with E-state index >= 15 is 0 Å². The molecule has 1 aliphatic rings. The maximum absolute atomic E-state index is 13.1. The topological polar surface area (TPSA) is 76.5 Å². The Morgan fingerprint density at radius 3 is 2.69 bits per heavy atom. The first-order valence-corrected chi connectivity index (χ1v) is 10.6. The Morgan fingerprint density at radius 2 is 1.91 bits per heavy atom. The van der Waals surface area contributed by atoms with Crippen molar-refractivity contribution in [2.75, 3.05) is 25.0 Å². The van der Waals surface area contributed by atoms with E-state index in [1.165, 1.54) is 23.0 Å². The van der Waals surface area contributed by atoms with Crippen LogP contribution in [0.5, 0.6) is 5.75 Å². The van der Waals surface area contributed by atoms with Crippen LogP contribution in [0, 0.1) is 5.82 Å². The van der Waals surface area contributed by atoms with Crippen LogP contribution in [0.25, 0.3) is 0 Å². The van der Waals surface area contributed by atoms with Crippen molar-refractivity contribution in [2.45, 2.75) is 25.3 Å². The van der Waals surface area contributed by atoms with Crippen LogP contribution in [-0.4, -0.2) is 46.2 Å². The summed E-state index contributed by atoms with van der Waals surface area (Å²) >= 11 is 0. The van der Waals surface area contributed by atoms with E-state index in [2.05, 4.69) is 10.4 Å². The number of rotatable bonds is 8. The molecule has 1 fully saturated rings. The van der Waals surface area contributed by atoms with E-state index in [0.29, 0.717) is 18.8 Å². The lowest BCUT2D eigenvalue weighted by Gasteiger charge is -2.16. The molecule has 32 heavy (non-hydrogen) atoms. The standard InChI is InChI=1S/C24H25FN4O3/c25-20-8-6-18(7-9-20)19-10-12-28(15-19)24(31)17-29-16-21(14-26-29)27-23(30)11-13-32-22-4-2-1-3-5-22/h1-9,14,16,19H,10-13,15,17H2,(H,27,30). The molecule has 0 radical (unpaired) electrons. The number of amides is 2. The third kappa shape index (κ3) is 5.72. The summed E-state index contributed by atoms with van der Waals surface area (Å²) in [4.78, 5) is 26.6. The van der Waals surface area contributed by atoms with Gasteiger partial charge >= 0.3 is 0 Å². The van der Waals surface area contributed by atoms with E-state index in [1.807, 2.05) is 30.3 Å². The molecule has 1 aromatic heterocycles. The molecule has 4 rings (SSSR count). The van der Waals surface area contributed by atoms with Gasteiger partial charge in [0.05, 0.1) is 24.9 Å². The smallest absolute Gasteiger partial charge is 0.244 e. The van der Waals surface area contributed by atoms with Crippen molar-refractivity contribution in [2.24, 2.45) is 0 Å². The van der Waals surface area contributed by atoms with Gasteiger partial charge in [0.25, 0.3) is 0 Å². The fraction of sp³-hybridized carbons (Fsp3) is 0.292. The number of carbonyl (C=O) groups is 2. The van der Waals surface area contributed by atoms with Crippen LogP contribution >= 0.6 is 0 Å². The zero-order valence-corrected chi connectivity index (χ0v) is 17.6. The average molecular weight is 436 g/mol. The maximum Gasteiger partial charge on any atom is 0.244 e. The van der Waals surface area contributed by atoms with E-state index < -0.39 is 0 Å². The number of ether oxygens (including phenoxy) is 1. The molecule has 2 aromatic carbocycles. The van der Waals surface area contributed by atoms with Gasteiger partial charge in [0.2, 0.25) is 11.8 Å². The molecule has 1 atom stereocenters. The summed E-state index contributed by atoms with van der Waals surface area (Å²) in [6.45, 7) is 1.64. The number of anilines is 1. The fourth-order valence-electron chi connectivity index (χ4n) is 3.75. The Balaban J connectivity index is 1.22. The van der Waals surface area contributed by atoms with Crippen LogP contribution in [0.4, 0.5) is 10.1 Å². The van der Waals surface area contributed by atoms with Crippen LogP contribution in [0.1, 0.15) is 24.3 Å². The van der Waals surface area contributed by atoms with Gasteiger partial charge in [0.15, 0.2) is 0 Å². The first kappa shape index (κ1) is 21.5. The van der Waals surface area contributed by atoms with Crippen molar-refractivity contribution in [3.63, 3.8) is 0 Å². The number of halogens is 1. The molecule has 0 aliphatic carbocycles. The van der Waals surface area contributed by atoms with Gasteiger partial charge in [-0.05, 0) is 36.2 Å². The normalized spacial score (nSPS) is 15.5. The van der Waals surface area contributed by atoms with Gasteiger partial charge < -0.3 is 15.0 Å². The Kier molecular flexibility index (Phi) is 6.79. The molecule has 0 spiro atoms. The van der Waals surface area contributed by atoms with Crippen molar-refractivity contribution in [3.05, 3.63) is 78.4 Å². The number of para-hydroxylation sites is 1. The molecule has 7 nitrogen and oxygen atoms in total. The molecule has 1 unspecified atom stereocenters. The number of carbonyl (C=O) groups excluding carboxylic acids is 2. The largest absolute Gasteiger partial charge is 0.493 e. The third-order valence-electron chi connectivity index (χ3n) is 5.44. The summed E-state index contributed by atoms with van der Waals surface area (Å²) in [5.41, 5.74) is 1.58. The highest BCUT2D eigenvalue weighted by Gasteiger charge is 2.27. The molecule has 2 amide bonds. The quantitative estimate of drug-likeness (QED) is 0.587. The van der Waals surface area contributed by atoms with Gasteiger partial charge in [-0.25, -0.2) is 4.39 Å². The number of likely N-dealkylation sites (tertiary alicyclic amines) is 1. The van der Waals surface area contributed by atoms with Crippen LogP contribution in [0.2, 0.25) is 0 Å². The lowest BCUT2D eigenvalue weighted by Crippen LogP contribution is -2.31. The highest BCUT2D eigenvalue weighted by molar-refractivity contribution is 5.90. The Bertz CT molecular complexity index is 1050. The molecule has 2 heterocycles. The van der Waals surface area contributed by atoms with E-state index in [0.717, 1.165) is 17.7 Å². The number of aromatic nitrogens is 2. The minimum absolute atomic E-state index is 0.0353. The maximum atomic E-state index is 13.1. The number of hydrogen-bond donors (Lipinski definition) is 1. The van der Waals surface area contributed by atoms with Gasteiger partial charge in [-0.3, -0.25) is 14.3 Å². The van der Waals surface area contributed by atoms with Crippen LogP contribution in [0.3, 0.4) is 0 Å². The first-order chi connectivity index (χ1) is 15.6. The number of benzene rings is 2. The summed E-state index contributed by atoms with van der Waals surface area (Å²) in [6, 6.07) is 15.8. The second-order valence-electron chi connectivity index (χ2n) is 7.76. The SMILES string of the molecule is O=C(CCOc1ccccc1)Nc1cnn(CC(=O)N2CCC(c3ccc(F)cc3)C2)c1. The Morgan fingerprint density at radius 1 is 1.12 bits per heavy atom. The number of hydrogen-bond acceptors (Lipinski definition) is 4. The van der Waals surface area contributed by atoms with Crippen molar-refractivity contribution < 1.29 is 18.7 Å². The first-order valence-electron chi connectivity index (χ1n) is 10.6. The molecule has 166 valence electrons. The molecular weight excluding hydrogens is 411 g/mol. The molecule has 1 aliphatic heterocycles. The van der Waals surface area contributed by atoms with E-state index in [9.17, 15) is 14.0 Å². The minimum atomic E-state index is -0.259. The lowest BCUT2D eigenvalue weighted by atomic mass is 9.99. The van der Waals surface area contributed by atoms with Crippen LogP contribution in [0.15, 0.2) is 67.0 Å². The lowest BCUT2D eigenvalue weighted by molar-refractivity contribution is -0.131. The van der Waals surface area contributed by atoms with Crippen molar-refractivity contribution in [1.82, 2.24) is 14.7 Å². The zero-order valence-electron chi connectivity index (χ0n) is 17.6. The second kappa shape index (κ2) is 10.1. The summed E-state index contributed by atoms with van der Waals surface area (Å²) in [6.07, 6.45) is 4.22. The molecule has 0 saturated carbocycles. The predicted molar refractivity (Wildman–Crippen MR) is 118 cm³/mol. The van der Waals surface area contributed by atoms with Crippen molar-refractivity contribution >= 4 is 17.5 Å². The van der Waals surface area contributed by atoms with Gasteiger partial charge in [0.1, 0.15) is 18.1 Å². The molecule has 1 saturated heterocycles. The highest BCUT2D eigenvalue weighted by Crippen LogP contribution is 2.27. The Hall–Kier alpha value is -3.68. The van der Waals surface area contributed by atoms with E-state index in [1.54, 1.807) is 23.2 Å². The minimum Gasteiger partial charge on any atom is -0.493 e. The number of nitrogens with zero attached hydrogens (tertiary/aromatic N) is 3. The van der Waals surface area contributed by atoms with Crippen molar-refractivity contribution in [3.8, 4) is 5.75 Å². The fourth-order valence-corrected chi connectivity index (χ4v) is 3.75. The zero-order chi connectivity index (χ0) is 22.3. The predicted octanol–water partition coefficient (Wildman–Crippen LogP) is 3.45.